The first-order valence-electron chi connectivity index (χ1n) is 9.39. The van der Waals surface area contributed by atoms with E-state index in [1.54, 1.807) is 12.3 Å². The smallest absolute Gasteiger partial charge is 0.258 e. The normalized spacial score (nSPS) is 17.6. The van der Waals surface area contributed by atoms with Gasteiger partial charge in [0.25, 0.3) is 5.91 Å². The van der Waals surface area contributed by atoms with Crippen LogP contribution in [0.4, 0.5) is 0 Å². The molecule has 1 unspecified atom stereocenters. The molecule has 27 heavy (non-hydrogen) atoms. The summed E-state index contributed by atoms with van der Waals surface area (Å²) in [6.45, 7) is 3.96. The van der Waals surface area contributed by atoms with Gasteiger partial charge in [0.05, 0.1) is 18.0 Å². The van der Waals surface area contributed by atoms with E-state index in [4.69, 9.17) is 16.0 Å². The molecule has 0 bridgehead atoms. The van der Waals surface area contributed by atoms with E-state index in [0.717, 1.165) is 31.4 Å². The minimum atomic E-state index is -0.110. The molecule has 0 aromatic carbocycles. The van der Waals surface area contributed by atoms with Crippen LogP contribution in [0.15, 0.2) is 29.1 Å². The van der Waals surface area contributed by atoms with E-state index in [1.807, 2.05) is 22.9 Å². The maximum absolute atomic E-state index is 12.8. The number of halogens is 1. The average Bonchev–Trinajstić information content (AvgIpc) is 3.27. The number of aryl methyl sites for hydroxylation is 1. The quantitative estimate of drug-likeness (QED) is 0.818. The first-order chi connectivity index (χ1) is 13.1. The third kappa shape index (κ3) is 4.71. The number of carbonyl (C=O) groups is 2. The van der Waals surface area contributed by atoms with Crippen molar-refractivity contribution in [3.05, 3.63) is 41.1 Å². The van der Waals surface area contributed by atoms with Crippen LogP contribution in [-0.2, 0) is 11.2 Å². The van der Waals surface area contributed by atoms with Crippen molar-refractivity contribution in [2.45, 2.75) is 45.1 Å². The van der Waals surface area contributed by atoms with Crippen molar-refractivity contribution in [1.29, 1.82) is 0 Å². The van der Waals surface area contributed by atoms with E-state index in [1.165, 1.54) is 6.26 Å². The summed E-state index contributed by atoms with van der Waals surface area (Å²) in [5.41, 5.74) is 1.44. The molecule has 146 valence electrons. The number of H-pyrrole nitrogens is 1. The van der Waals surface area contributed by atoms with Crippen LogP contribution < -0.4 is 0 Å². The second kappa shape index (κ2) is 9.08. The number of nitrogens with zero attached hydrogens (tertiary/aromatic N) is 3. The minimum Gasteiger partial charge on any atom is -0.452 e. The summed E-state index contributed by atoms with van der Waals surface area (Å²) in [4.78, 5) is 29.1. The summed E-state index contributed by atoms with van der Waals surface area (Å²) in [5, 5.41) is 6.80. The van der Waals surface area contributed by atoms with Crippen molar-refractivity contribution < 1.29 is 14.0 Å². The van der Waals surface area contributed by atoms with Gasteiger partial charge in [-0.05, 0) is 55.8 Å². The van der Waals surface area contributed by atoms with Crippen LogP contribution in [-0.4, -0.2) is 57.5 Å². The summed E-state index contributed by atoms with van der Waals surface area (Å²) >= 11 is 5.97. The van der Waals surface area contributed by atoms with Gasteiger partial charge in [0.1, 0.15) is 0 Å². The van der Waals surface area contributed by atoms with Crippen LogP contribution in [0, 0.1) is 0 Å². The van der Waals surface area contributed by atoms with Crippen molar-refractivity contribution in [3.63, 3.8) is 0 Å². The fourth-order valence-corrected chi connectivity index (χ4v) is 3.83. The molecule has 3 heterocycles. The van der Waals surface area contributed by atoms with Crippen LogP contribution in [0.2, 0.25) is 5.22 Å². The molecule has 7 nitrogen and oxygen atoms in total. The first-order valence-corrected chi connectivity index (χ1v) is 9.77. The van der Waals surface area contributed by atoms with Crippen molar-refractivity contribution in [1.82, 2.24) is 20.0 Å². The second-order valence-electron chi connectivity index (χ2n) is 6.77. The SMILES string of the molecule is CCN(C(=O)c1ccoc1Cl)C1CCCN(C(=O)CCc2cn[nH]c2)CC1. The lowest BCUT2D eigenvalue weighted by Gasteiger charge is -2.30. The Bertz CT molecular complexity index is 759. The molecule has 2 aromatic rings. The Hall–Kier alpha value is -2.28. The van der Waals surface area contributed by atoms with E-state index < -0.39 is 0 Å². The van der Waals surface area contributed by atoms with Crippen LogP contribution in [0.5, 0.6) is 0 Å². The van der Waals surface area contributed by atoms with Gasteiger partial charge in [0.2, 0.25) is 11.1 Å². The van der Waals surface area contributed by atoms with Crippen LogP contribution in [0.1, 0.15) is 48.5 Å². The fraction of sp³-hybridized carbons (Fsp3) is 0.526. The minimum absolute atomic E-state index is 0.0974. The number of aromatic nitrogens is 2. The monoisotopic (exact) mass is 392 g/mol. The highest BCUT2D eigenvalue weighted by molar-refractivity contribution is 6.32. The number of rotatable bonds is 6. The number of nitrogens with one attached hydrogen (secondary N) is 1. The Kier molecular flexibility index (Phi) is 6.55. The van der Waals surface area contributed by atoms with Gasteiger partial charge in [0, 0.05) is 38.3 Å². The third-order valence-corrected chi connectivity index (χ3v) is 5.42. The molecule has 1 aliphatic rings. The zero-order valence-electron chi connectivity index (χ0n) is 15.5. The zero-order valence-corrected chi connectivity index (χ0v) is 16.2. The molecule has 1 aliphatic heterocycles. The highest BCUT2D eigenvalue weighted by Gasteiger charge is 2.29. The third-order valence-electron chi connectivity index (χ3n) is 5.12. The maximum Gasteiger partial charge on any atom is 0.258 e. The molecule has 0 radical (unpaired) electrons. The van der Waals surface area contributed by atoms with Gasteiger partial charge < -0.3 is 14.2 Å². The topological polar surface area (TPSA) is 82.4 Å². The molecule has 3 rings (SSSR count). The molecule has 2 amide bonds. The largest absolute Gasteiger partial charge is 0.452 e. The lowest BCUT2D eigenvalue weighted by molar-refractivity contribution is -0.131. The van der Waals surface area contributed by atoms with Gasteiger partial charge in [-0.1, -0.05) is 0 Å². The Balaban J connectivity index is 1.57. The van der Waals surface area contributed by atoms with Gasteiger partial charge in [-0.3, -0.25) is 14.7 Å². The predicted octanol–water partition coefficient (Wildman–Crippen LogP) is 3.13. The number of aromatic amines is 1. The summed E-state index contributed by atoms with van der Waals surface area (Å²) in [6, 6.07) is 1.70. The lowest BCUT2D eigenvalue weighted by atomic mass is 10.1. The van der Waals surface area contributed by atoms with Gasteiger partial charge in [-0.25, -0.2) is 0 Å². The first kappa shape index (κ1) is 19.5. The molecule has 0 spiro atoms. The van der Waals surface area contributed by atoms with Crippen LogP contribution in [0.3, 0.4) is 0 Å². The molecule has 1 fully saturated rings. The van der Waals surface area contributed by atoms with E-state index in [9.17, 15) is 9.59 Å². The second-order valence-corrected chi connectivity index (χ2v) is 7.11. The highest BCUT2D eigenvalue weighted by Crippen LogP contribution is 2.23. The molecule has 1 atom stereocenters. The molecule has 1 N–H and O–H groups in total. The number of likely N-dealkylation sites (tertiary alicyclic amines) is 1. The number of hydrogen-bond acceptors (Lipinski definition) is 4. The van der Waals surface area contributed by atoms with Gasteiger partial charge in [-0.15, -0.1) is 0 Å². The van der Waals surface area contributed by atoms with Gasteiger partial charge in [0.15, 0.2) is 0 Å². The molecule has 1 saturated heterocycles. The van der Waals surface area contributed by atoms with Crippen molar-refractivity contribution >= 4 is 23.4 Å². The molecule has 0 aliphatic carbocycles. The number of carbonyl (C=O) groups excluding carboxylic acids is 2. The van der Waals surface area contributed by atoms with Gasteiger partial charge >= 0.3 is 0 Å². The molecule has 8 heteroatoms. The average molecular weight is 393 g/mol. The fourth-order valence-electron chi connectivity index (χ4n) is 3.63. The molecular formula is C19H25ClN4O3. The van der Waals surface area contributed by atoms with Crippen molar-refractivity contribution in [2.24, 2.45) is 0 Å². The predicted molar refractivity (Wildman–Crippen MR) is 102 cm³/mol. The highest BCUT2D eigenvalue weighted by atomic mass is 35.5. The van der Waals surface area contributed by atoms with Crippen molar-refractivity contribution in [3.8, 4) is 0 Å². The standard InChI is InChI=1S/C19H25ClN4O3/c1-2-24(19(26)16-8-11-27-18(16)20)15-4-3-9-23(10-7-15)17(25)6-5-14-12-21-22-13-14/h8,11-13,15H,2-7,9-10H2,1H3,(H,21,22). The van der Waals surface area contributed by atoms with Crippen LogP contribution in [0.25, 0.3) is 0 Å². The maximum atomic E-state index is 12.8. The summed E-state index contributed by atoms with van der Waals surface area (Å²) in [6.07, 6.45) is 8.68. The van der Waals surface area contributed by atoms with E-state index in [0.29, 0.717) is 31.5 Å². The number of amides is 2. The Labute approximate surface area is 163 Å². The number of furan rings is 1. The van der Waals surface area contributed by atoms with Gasteiger partial charge in [-0.2, -0.15) is 5.10 Å². The molecule has 2 aromatic heterocycles. The van der Waals surface area contributed by atoms with Crippen LogP contribution >= 0.6 is 11.6 Å². The summed E-state index contributed by atoms with van der Waals surface area (Å²) < 4.78 is 5.06. The van der Waals surface area contributed by atoms with E-state index in [2.05, 4.69) is 10.2 Å². The zero-order chi connectivity index (χ0) is 19.2. The lowest BCUT2D eigenvalue weighted by Crippen LogP contribution is -2.41. The summed E-state index contributed by atoms with van der Waals surface area (Å²) in [5.74, 6) is 0.0464. The van der Waals surface area contributed by atoms with Crippen molar-refractivity contribution in [2.75, 3.05) is 19.6 Å². The Morgan fingerprint density at radius 1 is 1.41 bits per heavy atom. The molecular weight excluding hydrogens is 368 g/mol. The summed E-state index contributed by atoms with van der Waals surface area (Å²) in [7, 11) is 0. The Morgan fingerprint density at radius 2 is 2.26 bits per heavy atom. The Morgan fingerprint density at radius 3 is 2.93 bits per heavy atom. The number of hydrogen-bond donors (Lipinski definition) is 1. The molecule has 0 saturated carbocycles. The van der Waals surface area contributed by atoms with E-state index in [-0.39, 0.29) is 23.1 Å². The van der Waals surface area contributed by atoms with E-state index >= 15 is 0 Å².